The van der Waals surface area contributed by atoms with Crippen LogP contribution in [0.3, 0.4) is 0 Å². The van der Waals surface area contributed by atoms with Gasteiger partial charge in [-0.3, -0.25) is 9.20 Å². The van der Waals surface area contributed by atoms with E-state index >= 15 is 0 Å². The Hall–Kier alpha value is -6.62. The Morgan fingerprint density at radius 3 is 2.09 bits per heavy atom. The van der Waals surface area contributed by atoms with Crippen LogP contribution in [0.2, 0.25) is 5.02 Å². The van der Waals surface area contributed by atoms with Crippen LogP contribution >= 0.6 is 11.6 Å². The highest BCUT2D eigenvalue weighted by Crippen LogP contribution is 2.33. The van der Waals surface area contributed by atoms with Gasteiger partial charge in [0.2, 0.25) is 0 Å². The van der Waals surface area contributed by atoms with Crippen molar-refractivity contribution in [3.63, 3.8) is 0 Å². The average Bonchev–Trinajstić information content (AvgIpc) is 3.64. The third-order valence-corrected chi connectivity index (χ3v) is 10.7. The molecule has 4 aromatic carbocycles. The van der Waals surface area contributed by atoms with Crippen LogP contribution in [-0.4, -0.2) is 57.6 Å². The monoisotopic (exact) mass is 907 g/mol. The topological polar surface area (TPSA) is 106 Å². The molecule has 334 valence electrons. The number of alkyl halides is 6. The molecule has 1 saturated heterocycles. The Kier molecular flexibility index (Phi) is 14.1. The number of imidazole rings is 1. The number of carbonyl (C=O) groups excluding carboxylic acids is 1. The summed E-state index contributed by atoms with van der Waals surface area (Å²) < 4.78 is 96.5. The largest absolute Gasteiger partial charge is 0.573 e. The number of aromatic nitrogens is 4. The lowest BCUT2D eigenvalue weighted by atomic mass is 9.89. The van der Waals surface area contributed by atoms with E-state index in [0.29, 0.717) is 59.0 Å². The van der Waals surface area contributed by atoms with Crippen molar-refractivity contribution in [1.29, 1.82) is 0 Å². The molecule has 0 spiro atoms. The minimum Gasteiger partial charge on any atom is -0.406 e. The fourth-order valence-corrected chi connectivity index (χ4v) is 7.57. The molecule has 0 bridgehead atoms. The second-order valence-corrected chi connectivity index (χ2v) is 15.3. The summed E-state index contributed by atoms with van der Waals surface area (Å²) in [5, 5.41) is 7.18. The highest BCUT2D eigenvalue weighted by atomic mass is 35.5. The number of anilines is 2. The fraction of sp³-hybridized carbons (Fsp3) is 0.261. The van der Waals surface area contributed by atoms with Gasteiger partial charge in [0, 0.05) is 43.4 Å². The summed E-state index contributed by atoms with van der Waals surface area (Å²) in [5.74, 6) is -0.258. The molecule has 2 N–H and O–H groups in total. The predicted molar refractivity (Wildman–Crippen MR) is 229 cm³/mol. The summed E-state index contributed by atoms with van der Waals surface area (Å²) in [7, 11) is 0. The summed E-state index contributed by atoms with van der Waals surface area (Å²) >= 11 is 6.14. The van der Waals surface area contributed by atoms with Crippen LogP contribution in [0.5, 0.6) is 11.5 Å². The normalized spacial score (nSPS) is 13.4. The zero-order chi connectivity index (χ0) is 45.4. The van der Waals surface area contributed by atoms with Crippen LogP contribution in [0.1, 0.15) is 58.6 Å². The number of carbonyl (C=O) groups is 1. The molecule has 0 saturated carbocycles. The van der Waals surface area contributed by atoms with E-state index in [2.05, 4.69) is 52.1 Å². The van der Waals surface area contributed by atoms with Crippen molar-refractivity contribution >= 4 is 45.6 Å². The van der Waals surface area contributed by atoms with E-state index < -0.39 is 12.7 Å². The summed E-state index contributed by atoms with van der Waals surface area (Å²) in [6.07, 6.45) is -3.32. The summed E-state index contributed by atoms with van der Waals surface area (Å²) in [6.45, 7) is 4.51. The van der Waals surface area contributed by atoms with Crippen LogP contribution in [-0.2, 0) is 19.4 Å². The van der Waals surface area contributed by atoms with Crippen molar-refractivity contribution in [2.75, 3.05) is 29.9 Å². The van der Waals surface area contributed by atoms with Crippen LogP contribution in [0.4, 0.5) is 42.2 Å². The third kappa shape index (κ3) is 12.1. The number of amides is 1. The second-order valence-electron chi connectivity index (χ2n) is 14.8. The smallest absolute Gasteiger partial charge is 0.406 e. The van der Waals surface area contributed by atoms with E-state index in [1.165, 1.54) is 42.7 Å². The molecule has 10 nitrogen and oxygen atoms in total. The Labute approximate surface area is 368 Å². The van der Waals surface area contributed by atoms with E-state index in [4.69, 9.17) is 11.6 Å². The molecule has 4 heterocycles. The van der Waals surface area contributed by atoms with E-state index in [9.17, 15) is 35.5 Å². The number of aryl methyl sites for hydroxylation is 1. The molecule has 0 aliphatic carbocycles. The van der Waals surface area contributed by atoms with Crippen LogP contribution < -0.4 is 25.0 Å². The number of nitrogens with zero attached hydrogens (tertiary/aromatic N) is 5. The molecule has 1 amide bonds. The molecular weight excluding hydrogens is 867 g/mol. The summed E-state index contributed by atoms with van der Waals surface area (Å²) in [4.78, 5) is 28.1. The summed E-state index contributed by atoms with van der Waals surface area (Å²) in [6, 6.07) is 27.7. The number of hydrogen-bond donors (Lipinski definition) is 2. The second kappa shape index (κ2) is 19.8. The van der Waals surface area contributed by atoms with Crippen LogP contribution in [0, 0.1) is 5.82 Å². The van der Waals surface area contributed by atoms with Gasteiger partial charge < -0.3 is 25.0 Å². The minimum atomic E-state index is -4.70. The molecule has 1 aliphatic rings. The van der Waals surface area contributed by atoms with Gasteiger partial charge in [-0.1, -0.05) is 54.9 Å². The number of rotatable bonds is 12. The zero-order valence-corrected chi connectivity index (χ0v) is 34.9. The van der Waals surface area contributed by atoms with Gasteiger partial charge in [0.05, 0.1) is 16.2 Å². The molecule has 1 aliphatic heterocycles. The van der Waals surface area contributed by atoms with E-state index in [1.807, 2.05) is 19.1 Å². The lowest BCUT2D eigenvalue weighted by molar-refractivity contribution is -0.275. The zero-order valence-electron chi connectivity index (χ0n) is 34.2. The number of benzene rings is 4. The van der Waals surface area contributed by atoms with E-state index in [1.54, 1.807) is 53.1 Å². The predicted octanol–water partition coefficient (Wildman–Crippen LogP) is 11.1. The molecule has 8 rings (SSSR count). The molecule has 0 unspecified atom stereocenters. The average molecular weight is 908 g/mol. The summed E-state index contributed by atoms with van der Waals surface area (Å²) in [5.41, 5.74) is 6.45. The first-order valence-corrected chi connectivity index (χ1v) is 20.6. The quantitative estimate of drug-likeness (QED) is 0.117. The van der Waals surface area contributed by atoms with Crippen molar-refractivity contribution in [3.05, 3.63) is 155 Å². The molecular formula is C46H41ClF7N7O3. The Bertz CT molecular complexity index is 2670. The minimum absolute atomic E-state index is 0.200. The van der Waals surface area contributed by atoms with Gasteiger partial charge in [-0.25, -0.2) is 19.3 Å². The molecule has 1 fully saturated rings. The molecule has 0 radical (unpaired) electrons. The molecule has 64 heavy (non-hydrogen) atoms. The maximum Gasteiger partial charge on any atom is 0.573 e. The van der Waals surface area contributed by atoms with Crippen molar-refractivity contribution < 1.29 is 45.0 Å². The Morgan fingerprint density at radius 2 is 1.45 bits per heavy atom. The number of pyridine rings is 1. The third-order valence-electron chi connectivity index (χ3n) is 10.5. The lowest BCUT2D eigenvalue weighted by Gasteiger charge is -2.34. The number of ether oxygens (including phenoxy) is 2. The number of halogens is 8. The molecule has 3 aromatic heterocycles. The fourth-order valence-electron chi connectivity index (χ4n) is 7.41. The van der Waals surface area contributed by atoms with Crippen molar-refractivity contribution in [2.45, 2.75) is 57.8 Å². The number of fused-ring (bicyclic) bond motifs is 2. The SMILES string of the molecule is CCc1nc2ccc(Cl)cn2c1C(=O)NCc1ccc(N2CCC(c3ccc(OC(F)(F)F)cc3)CC2)cc1.Fc1ccc2ncnc(NCCc3ccc(OC(F)(F)F)cc3)c2c1. The first-order chi connectivity index (χ1) is 30.6. The van der Waals surface area contributed by atoms with Crippen LogP contribution in [0.15, 0.2) is 116 Å². The van der Waals surface area contributed by atoms with Gasteiger partial charge in [0.1, 0.15) is 40.8 Å². The Morgan fingerprint density at radius 1 is 0.812 bits per heavy atom. The maximum atomic E-state index is 13.4. The standard InChI is InChI=1S/C29H28ClF3N4O2.C17H13F4N3O/c1-2-25-27(37-18-22(30)7-12-26(37)35-25)28(38)34-17-19-3-8-23(9-4-19)36-15-13-21(14-16-36)20-5-10-24(11-6-20)39-29(31,32)33;18-12-3-6-15-14(9-12)16(24-10-23-15)22-8-7-11-1-4-13(5-2-11)25-17(19,20)21/h3-12,18,21H,2,13-17H2,1H3,(H,34,38);1-6,9-10H,7-8H2,(H,22,23,24). The van der Waals surface area contributed by atoms with Gasteiger partial charge in [-0.05, 0) is 115 Å². The van der Waals surface area contributed by atoms with Crippen molar-refractivity contribution in [3.8, 4) is 11.5 Å². The van der Waals surface area contributed by atoms with Gasteiger partial charge in [-0.15, -0.1) is 26.3 Å². The van der Waals surface area contributed by atoms with E-state index in [-0.39, 0.29) is 29.1 Å². The van der Waals surface area contributed by atoms with Gasteiger partial charge in [0.25, 0.3) is 5.91 Å². The van der Waals surface area contributed by atoms with Gasteiger partial charge >= 0.3 is 12.7 Å². The van der Waals surface area contributed by atoms with Gasteiger partial charge in [0.15, 0.2) is 0 Å². The number of nitrogens with one attached hydrogen (secondary N) is 2. The Balaban J connectivity index is 0.000000211. The maximum absolute atomic E-state index is 13.4. The number of piperidine rings is 1. The molecule has 18 heteroatoms. The first-order valence-electron chi connectivity index (χ1n) is 20.2. The lowest BCUT2D eigenvalue weighted by Crippen LogP contribution is -2.32. The van der Waals surface area contributed by atoms with Gasteiger partial charge in [-0.2, -0.15) is 0 Å². The van der Waals surface area contributed by atoms with Crippen molar-refractivity contribution in [1.82, 2.24) is 24.7 Å². The first kappa shape index (κ1) is 45.4. The molecule has 0 atom stereocenters. The molecule has 7 aromatic rings. The van der Waals surface area contributed by atoms with Crippen LogP contribution in [0.25, 0.3) is 16.6 Å². The highest BCUT2D eigenvalue weighted by molar-refractivity contribution is 6.30. The van der Waals surface area contributed by atoms with Crippen molar-refractivity contribution in [2.24, 2.45) is 0 Å². The number of hydrogen-bond acceptors (Lipinski definition) is 8. The van der Waals surface area contributed by atoms with E-state index in [0.717, 1.165) is 54.0 Å². The highest BCUT2D eigenvalue weighted by Gasteiger charge is 2.32.